The van der Waals surface area contributed by atoms with Gasteiger partial charge in [-0.15, -0.1) is 0 Å². The second kappa shape index (κ2) is 7.44. The Labute approximate surface area is 128 Å². The van der Waals surface area contributed by atoms with E-state index in [0.717, 1.165) is 16.7 Å². The number of aryl methyl sites for hydroxylation is 1. The fraction of sp³-hybridized carbons (Fsp3) is 0.400. The van der Waals surface area contributed by atoms with Gasteiger partial charge in [-0.05, 0) is 25.1 Å². The van der Waals surface area contributed by atoms with E-state index in [1.807, 2.05) is 25.1 Å². The highest BCUT2D eigenvalue weighted by molar-refractivity contribution is 5.85. The fourth-order valence-electron chi connectivity index (χ4n) is 2.10. The van der Waals surface area contributed by atoms with Crippen molar-refractivity contribution in [1.29, 1.82) is 0 Å². The number of nitrogens with one attached hydrogen (secondary N) is 2. The summed E-state index contributed by atoms with van der Waals surface area (Å²) >= 11 is 0. The molecule has 0 saturated carbocycles. The Bertz CT molecular complexity index is 666. The van der Waals surface area contributed by atoms with Gasteiger partial charge in [0, 0.05) is 18.4 Å². The Hall–Kier alpha value is -2.57. The van der Waals surface area contributed by atoms with Gasteiger partial charge in [-0.1, -0.05) is 0 Å². The number of carbonyl (C=O) groups is 2. The van der Waals surface area contributed by atoms with Crippen molar-refractivity contribution in [2.45, 2.75) is 19.9 Å². The number of likely N-dealkylation sites (N-methyl/N-ethyl adjacent to an activating group) is 1. The summed E-state index contributed by atoms with van der Waals surface area (Å²) in [5.74, 6) is 0.405. The second-order valence-corrected chi connectivity index (χ2v) is 4.77. The molecule has 0 atom stereocenters. The van der Waals surface area contributed by atoms with Gasteiger partial charge in [-0.2, -0.15) is 5.10 Å². The zero-order valence-electron chi connectivity index (χ0n) is 12.8. The van der Waals surface area contributed by atoms with Gasteiger partial charge in [0.15, 0.2) is 0 Å². The summed E-state index contributed by atoms with van der Waals surface area (Å²) in [6.45, 7) is 2.84. The third-order valence-corrected chi connectivity index (χ3v) is 3.22. The van der Waals surface area contributed by atoms with Crippen molar-refractivity contribution in [3.63, 3.8) is 0 Å². The number of benzene rings is 1. The van der Waals surface area contributed by atoms with Crippen LogP contribution < -0.4 is 15.4 Å². The molecular weight excluding hydrogens is 284 g/mol. The van der Waals surface area contributed by atoms with Gasteiger partial charge in [-0.25, -0.2) is 0 Å². The molecule has 0 aliphatic carbocycles. The maximum absolute atomic E-state index is 11.7. The molecule has 0 bridgehead atoms. The normalized spacial score (nSPS) is 10.5. The van der Waals surface area contributed by atoms with Crippen LogP contribution in [0.15, 0.2) is 24.4 Å². The minimum atomic E-state index is -0.188. The van der Waals surface area contributed by atoms with E-state index in [4.69, 9.17) is 4.74 Å². The van der Waals surface area contributed by atoms with Crippen molar-refractivity contribution in [2.75, 3.05) is 20.2 Å². The van der Waals surface area contributed by atoms with Crippen LogP contribution in [0.1, 0.15) is 13.3 Å². The van der Waals surface area contributed by atoms with Crippen molar-refractivity contribution >= 4 is 22.7 Å². The Morgan fingerprint density at radius 3 is 2.82 bits per heavy atom. The first-order valence-electron chi connectivity index (χ1n) is 7.17. The van der Waals surface area contributed by atoms with E-state index in [9.17, 15) is 9.59 Å². The van der Waals surface area contributed by atoms with Crippen LogP contribution in [-0.4, -0.2) is 41.8 Å². The number of methoxy groups -OCH3 is 1. The Morgan fingerprint density at radius 1 is 1.27 bits per heavy atom. The molecule has 0 unspecified atom stereocenters. The van der Waals surface area contributed by atoms with Crippen LogP contribution in [-0.2, 0) is 16.1 Å². The standard InChI is InChI=1S/C15H20N4O3/c1-3-16-15(21)10-17-14(20)6-7-19-13-5-4-12(22-2)8-11(13)9-18-19/h4-5,8-9H,3,6-7,10H2,1-2H3,(H,16,21)(H,17,20). The highest BCUT2D eigenvalue weighted by Gasteiger charge is 2.08. The number of carbonyl (C=O) groups excluding carboxylic acids is 2. The van der Waals surface area contributed by atoms with Gasteiger partial charge in [0.05, 0.1) is 31.9 Å². The summed E-state index contributed by atoms with van der Waals surface area (Å²) < 4.78 is 6.93. The minimum absolute atomic E-state index is 0.00370. The second-order valence-electron chi connectivity index (χ2n) is 4.77. The smallest absolute Gasteiger partial charge is 0.239 e. The van der Waals surface area contributed by atoms with E-state index in [0.29, 0.717) is 13.1 Å². The van der Waals surface area contributed by atoms with Crippen LogP contribution >= 0.6 is 0 Å². The summed E-state index contributed by atoms with van der Waals surface area (Å²) in [5, 5.41) is 10.4. The van der Waals surface area contributed by atoms with E-state index >= 15 is 0 Å². The molecule has 0 aliphatic rings. The van der Waals surface area contributed by atoms with Gasteiger partial charge >= 0.3 is 0 Å². The van der Waals surface area contributed by atoms with E-state index in [1.165, 1.54) is 0 Å². The number of rotatable bonds is 7. The van der Waals surface area contributed by atoms with Crippen LogP contribution in [0.3, 0.4) is 0 Å². The molecule has 2 N–H and O–H groups in total. The number of amides is 2. The average molecular weight is 304 g/mol. The molecule has 0 fully saturated rings. The van der Waals surface area contributed by atoms with Gasteiger partial charge in [0.1, 0.15) is 5.75 Å². The number of fused-ring (bicyclic) bond motifs is 1. The third kappa shape index (κ3) is 3.97. The topological polar surface area (TPSA) is 85.3 Å². The quantitative estimate of drug-likeness (QED) is 0.788. The third-order valence-electron chi connectivity index (χ3n) is 3.22. The fourth-order valence-corrected chi connectivity index (χ4v) is 2.10. The largest absolute Gasteiger partial charge is 0.497 e. The van der Waals surface area contributed by atoms with Crippen LogP contribution in [0.4, 0.5) is 0 Å². The van der Waals surface area contributed by atoms with Crippen molar-refractivity contribution in [1.82, 2.24) is 20.4 Å². The molecule has 2 aromatic rings. The number of nitrogens with zero attached hydrogens (tertiary/aromatic N) is 2. The van der Waals surface area contributed by atoms with E-state index in [-0.39, 0.29) is 24.8 Å². The molecule has 0 radical (unpaired) electrons. The molecular formula is C15H20N4O3. The molecule has 118 valence electrons. The SMILES string of the molecule is CCNC(=O)CNC(=O)CCn1ncc2cc(OC)ccc21. The molecule has 1 aromatic heterocycles. The lowest BCUT2D eigenvalue weighted by molar-refractivity contribution is -0.126. The zero-order valence-corrected chi connectivity index (χ0v) is 12.8. The molecule has 1 heterocycles. The lowest BCUT2D eigenvalue weighted by Gasteiger charge is -2.06. The monoisotopic (exact) mass is 304 g/mol. The Kier molecular flexibility index (Phi) is 5.35. The first kappa shape index (κ1) is 15.8. The molecule has 0 saturated heterocycles. The number of aromatic nitrogens is 2. The van der Waals surface area contributed by atoms with E-state index in [2.05, 4.69) is 15.7 Å². The van der Waals surface area contributed by atoms with Crippen LogP contribution in [0.25, 0.3) is 10.9 Å². The van der Waals surface area contributed by atoms with Crippen molar-refractivity contribution < 1.29 is 14.3 Å². The first-order chi connectivity index (χ1) is 10.6. The van der Waals surface area contributed by atoms with Crippen LogP contribution in [0.2, 0.25) is 0 Å². The predicted octanol–water partition coefficient (Wildman–Crippen LogP) is 0.687. The number of ether oxygens (including phenoxy) is 1. The molecule has 2 amide bonds. The summed E-state index contributed by atoms with van der Waals surface area (Å²) in [5.41, 5.74) is 0.942. The Balaban J connectivity index is 1.89. The summed E-state index contributed by atoms with van der Waals surface area (Å²) in [4.78, 5) is 23.0. The highest BCUT2D eigenvalue weighted by Crippen LogP contribution is 2.20. The van der Waals surface area contributed by atoms with E-state index < -0.39 is 0 Å². The number of hydrogen-bond donors (Lipinski definition) is 2. The van der Waals surface area contributed by atoms with Gasteiger partial charge in [0.25, 0.3) is 0 Å². The molecule has 7 nitrogen and oxygen atoms in total. The zero-order chi connectivity index (χ0) is 15.9. The molecule has 22 heavy (non-hydrogen) atoms. The molecule has 0 spiro atoms. The van der Waals surface area contributed by atoms with Gasteiger partial charge in [0.2, 0.25) is 11.8 Å². The average Bonchev–Trinajstić information content (AvgIpc) is 2.93. The van der Waals surface area contributed by atoms with Crippen molar-refractivity contribution in [2.24, 2.45) is 0 Å². The number of hydrogen-bond acceptors (Lipinski definition) is 4. The first-order valence-corrected chi connectivity index (χ1v) is 7.17. The summed E-state index contributed by atoms with van der Waals surface area (Å²) in [7, 11) is 1.62. The van der Waals surface area contributed by atoms with Gasteiger partial charge in [-0.3, -0.25) is 14.3 Å². The highest BCUT2D eigenvalue weighted by atomic mass is 16.5. The van der Waals surface area contributed by atoms with Gasteiger partial charge < -0.3 is 15.4 Å². The van der Waals surface area contributed by atoms with E-state index in [1.54, 1.807) is 18.0 Å². The summed E-state index contributed by atoms with van der Waals surface area (Å²) in [6, 6.07) is 5.66. The molecule has 1 aromatic carbocycles. The lowest BCUT2D eigenvalue weighted by Crippen LogP contribution is -2.37. The van der Waals surface area contributed by atoms with Crippen molar-refractivity contribution in [3.8, 4) is 5.75 Å². The van der Waals surface area contributed by atoms with Crippen molar-refractivity contribution in [3.05, 3.63) is 24.4 Å². The molecule has 2 rings (SSSR count). The molecule has 0 aliphatic heterocycles. The maximum Gasteiger partial charge on any atom is 0.239 e. The maximum atomic E-state index is 11.7. The molecule has 7 heteroatoms. The predicted molar refractivity (Wildman–Crippen MR) is 82.6 cm³/mol. The van der Waals surface area contributed by atoms with Crippen LogP contribution in [0, 0.1) is 0 Å². The van der Waals surface area contributed by atoms with Crippen LogP contribution in [0.5, 0.6) is 5.75 Å². The Morgan fingerprint density at radius 2 is 2.09 bits per heavy atom. The lowest BCUT2D eigenvalue weighted by atomic mass is 10.2. The minimum Gasteiger partial charge on any atom is -0.497 e. The summed E-state index contributed by atoms with van der Waals surface area (Å²) in [6.07, 6.45) is 2.01.